The molecule has 0 spiro atoms. The molecule has 2 rings (SSSR count). The van der Waals surface area contributed by atoms with E-state index in [1.165, 1.54) is 21.3 Å². The average molecular weight is 517 g/mol. The molecule has 2 aromatic rings. The molecule has 0 aliphatic carbocycles. The molecule has 2 aromatic carbocycles. The lowest BCUT2D eigenvalue weighted by Gasteiger charge is -2.47. The van der Waals surface area contributed by atoms with Crippen LogP contribution in [0, 0.1) is 0 Å². The molecule has 0 N–H and O–H groups in total. The first-order chi connectivity index (χ1) is 16.1. The van der Waals surface area contributed by atoms with Crippen molar-refractivity contribution in [3.8, 4) is 11.5 Å². The molecule has 0 saturated carbocycles. The Bertz CT molecular complexity index is 870. The van der Waals surface area contributed by atoms with Crippen molar-refractivity contribution in [1.29, 1.82) is 0 Å². The van der Waals surface area contributed by atoms with E-state index in [9.17, 15) is 0 Å². The summed E-state index contributed by atoms with van der Waals surface area (Å²) in [4.78, 5) is 10.5. The number of methoxy groups -OCH3 is 3. The van der Waals surface area contributed by atoms with E-state index in [2.05, 4.69) is 4.91 Å². The number of halogens is 1. The first-order valence-electron chi connectivity index (χ1n) is 10.3. The van der Waals surface area contributed by atoms with Crippen LogP contribution in [0.25, 0.3) is 0 Å². The van der Waals surface area contributed by atoms with Crippen LogP contribution in [0.1, 0.15) is 0 Å². The molecule has 0 heterocycles. The average Bonchev–Trinajstić information content (AvgIpc) is 2.82. The van der Waals surface area contributed by atoms with E-state index >= 15 is 0 Å². The van der Waals surface area contributed by atoms with Gasteiger partial charge in [-0.25, -0.2) is 9.34 Å². The number of benzene rings is 2. The van der Waals surface area contributed by atoms with Crippen LogP contribution in [-0.2, 0) is 19.0 Å². The Hall–Kier alpha value is -1.72. The Balaban J connectivity index is 2.59. The molecule has 0 unspecified atom stereocenters. The summed E-state index contributed by atoms with van der Waals surface area (Å²) in [5.74, 6) is 0.853. The summed E-state index contributed by atoms with van der Waals surface area (Å²) in [6.07, 6.45) is -1.56. The fourth-order valence-corrected chi connectivity index (χ4v) is 6.57. The minimum atomic E-state index is -2.92. The van der Waals surface area contributed by atoms with Gasteiger partial charge < -0.3 is 23.7 Å². The normalized spacial score (nSPS) is 12.9. The van der Waals surface area contributed by atoms with Crippen molar-refractivity contribution in [2.24, 2.45) is 4.91 Å². The van der Waals surface area contributed by atoms with Gasteiger partial charge >= 0.3 is 11.5 Å². The quantitative estimate of drug-likeness (QED) is 0.166. The monoisotopic (exact) mass is 516 g/mol. The molecule has 12 heteroatoms. The van der Waals surface area contributed by atoms with Crippen LogP contribution in [-0.4, -0.2) is 82.1 Å². The van der Waals surface area contributed by atoms with Gasteiger partial charge in [0.05, 0.1) is 0 Å². The highest BCUT2D eigenvalue weighted by molar-refractivity contribution is 7.58. The summed E-state index contributed by atoms with van der Waals surface area (Å²) in [6.45, 7) is 0. The standard InChI is InChI=1S/C22H34ClN4O6P/c1-25(2)34(26(3)4,27(5)22(28-6,29-7)30-8)24-33-21(23,31-19-15-11-9-12-16-19)32-20-17-13-10-14-18-20/h9-18H,1-8H3. The Morgan fingerprint density at radius 2 is 1.09 bits per heavy atom. The summed E-state index contributed by atoms with van der Waals surface area (Å²) < 4.78 is 33.9. The van der Waals surface area contributed by atoms with Crippen molar-refractivity contribution >= 4 is 19.1 Å². The van der Waals surface area contributed by atoms with Gasteiger partial charge in [-0.15, -0.1) is 4.84 Å². The number of hydrogen-bond donors (Lipinski definition) is 0. The van der Waals surface area contributed by atoms with Crippen LogP contribution in [0.4, 0.5) is 0 Å². The predicted octanol–water partition coefficient (Wildman–Crippen LogP) is 4.48. The van der Waals surface area contributed by atoms with Crippen molar-refractivity contribution < 1.29 is 28.5 Å². The summed E-state index contributed by atoms with van der Waals surface area (Å²) in [5.41, 5.74) is -2.13. The second-order valence-electron chi connectivity index (χ2n) is 7.38. The van der Waals surface area contributed by atoms with Crippen molar-refractivity contribution in [2.45, 2.75) is 11.5 Å². The molecule has 0 saturated heterocycles. The molecule has 0 fully saturated rings. The highest BCUT2D eigenvalue weighted by Gasteiger charge is 2.49. The molecule has 0 atom stereocenters. The molecule has 0 radical (unpaired) electrons. The zero-order valence-corrected chi connectivity index (χ0v) is 22.5. The third kappa shape index (κ3) is 6.28. The fourth-order valence-electron chi connectivity index (χ4n) is 3.33. The SMILES string of the molecule is COC(OC)(OC)N(C)P(=NOC(Cl)(Oc1ccccc1)Oc1ccccc1)(N(C)C)N(C)C. The summed E-state index contributed by atoms with van der Waals surface area (Å²) in [5, 5.41) is 0. The van der Waals surface area contributed by atoms with Crippen LogP contribution in [0.15, 0.2) is 65.6 Å². The van der Waals surface area contributed by atoms with Gasteiger partial charge in [-0.05, 0) is 52.5 Å². The largest absolute Gasteiger partial charge is 0.485 e. The maximum Gasteiger partial charge on any atom is 0.485 e. The smallest absolute Gasteiger partial charge is 0.416 e. The molecular weight excluding hydrogens is 483 g/mol. The topological polar surface area (TPSA) is 77.5 Å². The minimum Gasteiger partial charge on any atom is -0.416 e. The molecule has 0 bridgehead atoms. The Kier molecular flexibility index (Phi) is 10.3. The molecule has 190 valence electrons. The Morgan fingerprint density at radius 1 is 0.706 bits per heavy atom. The first kappa shape index (κ1) is 28.5. The Morgan fingerprint density at radius 3 is 1.41 bits per heavy atom. The number of alkyl halides is 1. The van der Waals surface area contributed by atoms with Crippen LogP contribution >= 0.6 is 19.1 Å². The van der Waals surface area contributed by atoms with Crippen molar-refractivity contribution in [1.82, 2.24) is 14.0 Å². The third-order valence-electron chi connectivity index (χ3n) is 4.87. The van der Waals surface area contributed by atoms with Gasteiger partial charge in [-0.1, -0.05) is 41.3 Å². The summed E-state index contributed by atoms with van der Waals surface area (Å²) in [6, 6.07) is 17.9. The minimum absolute atomic E-state index is 0.427. The number of rotatable bonds is 13. The fraction of sp³-hybridized carbons (Fsp3) is 0.455. The second kappa shape index (κ2) is 12.3. The van der Waals surface area contributed by atoms with Gasteiger partial charge in [-0.3, -0.25) is 0 Å². The van der Waals surface area contributed by atoms with Crippen molar-refractivity contribution in [3.63, 3.8) is 0 Å². The van der Waals surface area contributed by atoms with Crippen molar-refractivity contribution in [2.75, 3.05) is 56.6 Å². The van der Waals surface area contributed by atoms with E-state index < -0.39 is 19.0 Å². The lowest BCUT2D eigenvalue weighted by atomic mass is 10.3. The van der Waals surface area contributed by atoms with E-state index in [1.54, 1.807) is 60.2 Å². The molecule has 0 aliphatic rings. The highest BCUT2D eigenvalue weighted by atomic mass is 35.5. The van der Waals surface area contributed by atoms with E-state index in [0.29, 0.717) is 11.5 Å². The van der Waals surface area contributed by atoms with Crippen LogP contribution in [0.5, 0.6) is 11.5 Å². The molecule has 34 heavy (non-hydrogen) atoms. The number of para-hydroxylation sites is 2. The molecular formula is C22H34ClN4O6P. The zero-order valence-electron chi connectivity index (χ0n) is 20.8. The van der Waals surface area contributed by atoms with Gasteiger partial charge in [0.1, 0.15) is 11.5 Å². The summed E-state index contributed by atoms with van der Waals surface area (Å²) >= 11 is 6.75. The third-order valence-corrected chi connectivity index (χ3v) is 8.59. The highest BCUT2D eigenvalue weighted by Crippen LogP contribution is 2.59. The van der Waals surface area contributed by atoms with E-state index in [-0.39, 0.29) is 0 Å². The molecule has 0 amide bonds. The molecule has 0 aromatic heterocycles. The van der Waals surface area contributed by atoms with Gasteiger partial charge in [-0.2, -0.15) is 4.67 Å². The molecule has 0 aliphatic heterocycles. The van der Waals surface area contributed by atoms with Crippen molar-refractivity contribution in [3.05, 3.63) is 60.7 Å². The van der Waals surface area contributed by atoms with Crippen LogP contribution in [0.2, 0.25) is 0 Å². The van der Waals surface area contributed by atoms with Gasteiger partial charge in [0.15, 0.2) is 0 Å². The van der Waals surface area contributed by atoms with Gasteiger partial charge in [0.2, 0.25) is 7.51 Å². The lowest BCUT2D eigenvalue weighted by molar-refractivity contribution is -0.401. The number of hydrogen-bond acceptors (Lipinski definition) is 7. The van der Waals surface area contributed by atoms with Gasteiger partial charge in [0, 0.05) is 40.0 Å². The van der Waals surface area contributed by atoms with E-state index in [1.807, 2.05) is 49.7 Å². The van der Waals surface area contributed by atoms with Gasteiger partial charge in [0.25, 0.3) is 0 Å². The Labute approximate surface area is 207 Å². The number of ether oxygens (including phenoxy) is 5. The first-order valence-corrected chi connectivity index (χ1v) is 12.3. The maximum absolute atomic E-state index is 6.75. The predicted molar refractivity (Wildman–Crippen MR) is 132 cm³/mol. The van der Waals surface area contributed by atoms with E-state index in [0.717, 1.165) is 0 Å². The number of nitrogens with zero attached hydrogens (tertiary/aromatic N) is 4. The van der Waals surface area contributed by atoms with Crippen LogP contribution < -0.4 is 9.47 Å². The molecule has 10 nitrogen and oxygen atoms in total. The lowest BCUT2D eigenvalue weighted by Crippen LogP contribution is -2.53. The van der Waals surface area contributed by atoms with E-state index in [4.69, 9.17) is 40.1 Å². The summed E-state index contributed by atoms with van der Waals surface area (Å²) in [7, 11) is 10.6. The zero-order chi connectivity index (χ0) is 25.4. The van der Waals surface area contributed by atoms with Crippen LogP contribution in [0.3, 0.4) is 0 Å². The maximum atomic E-state index is 6.75. The second-order valence-corrected chi connectivity index (χ2v) is 11.3.